The molecule has 0 atom stereocenters. The molecule has 2 heterocycles. The maximum atomic E-state index is 5.33. The Kier molecular flexibility index (Phi) is 3.96. The summed E-state index contributed by atoms with van der Waals surface area (Å²) in [6.45, 7) is 0.636. The lowest BCUT2D eigenvalue weighted by molar-refractivity contribution is 0.414. The zero-order chi connectivity index (χ0) is 17.1. The van der Waals surface area contributed by atoms with E-state index < -0.39 is 0 Å². The predicted molar refractivity (Wildman–Crippen MR) is 90.8 cm³/mol. The van der Waals surface area contributed by atoms with E-state index in [9.17, 15) is 0 Å². The Morgan fingerprint density at radius 3 is 2.60 bits per heavy atom. The van der Waals surface area contributed by atoms with Crippen molar-refractivity contribution in [3.05, 3.63) is 66.4 Å². The van der Waals surface area contributed by atoms with Gasteiger partial charge in [0.25, 0.3) is 5.89 Å². The largest absolute Gasteiger partial charge is 0.497 e. The van der Waals surface area contributed by atoms with Gasteiger partial charge in [-0.1, -0.05) is 40.7 Å². The van der Waals surface area contributed by atoms with Crippen molar-refractivity contribution in [1.82, 2.24) is 25.1 Å². The molecule has 4 rings (SSSR count). The van der Waals surface area contributed by atoms with E-state index >= 15 is 0 Å². The molecular weight excluding hydrogens is 318 g/mol. The van der Waals surface area contributed by atoms with E-state index in [1.807, 2.05) is 54.6 Å². The monoisotopic (exact) mass is 333 g/mol. The van der Waals surface area contributed by atoms with Gasteiger partial charge in [0.2, 0.25) is 5.82 Å². The Morgan fingerprint density at radius 1 is 1.04 bits per heavy atom. The Hall–Kier alpha value is -3.48. The first-order chi connectivity index (χ1) is 12.3. The third-order valence-corrected chi connectivity index (χ3v) is 3.72. The molecule has 0 bridgehead atoms. The van der Waals surface area contributed by atoms with Crippen molar-refractivity contribution >= 4 is 0 Å². The van der Waals surface area contributed by atoms with Gasteiger partial charge >= 0.3 is 0 Å². The van der Waals surface area contributed by atoms with Crippen LogP contribution < -0.4 is 4.74 Å². The number of rotatable bonds is 5. The zero-order valence-corrected chi connectivity index (χ0v) is 13.5. The van der Waals surface area contributed by atoms with Crippen molar-refractivity contribution in [2.24, 2.45) is 0 Å². The summed E-state index contributed by atoms with van der Waals surface area (Å²) in [5, 5.41) is 12.2. The van der Waals surface area contributed by atoms with Crippen molar-refractivity contribution in [3.8, 4) is 28.7 Å². The van der Waals surface area contributed by atoms with Crippen LogP contribution in [0.15, 0.2) is 65.3 Å². The smallest absolute Gasteiger partial charge is 0.258 e. The molecule has 124 valence electrons. The molecule has 0 amide bonds. The molecule has 0 N–H and O–H groups in total. The molecule has 0 saturated carbocycles. The fraction of sp³-hybridized carbons (Fsp3) is 0.111. The van der Waals surface area contributed by atoms with E-state index in [1.165, 1.54) is 0 Å². The summed E-state index contributed by atoms with van der Waals surface area (Å²) in [4.78, 5) is 4.39. The summed E-state index contributed by atoms with van der Waals surface area (Å²) in [6.07, 6.45) is 1.80. The molecule has 0 spiro atoms. The van der Waals surface area contributed by atoms with Crippen LogP contribution in [-0.4, -0.2) is 32.2 Å². The number of aromatic nitrogens is 5. The van der Waals surface area contributed by atoms with Gasteiger partial charge in [-0.05, 0) is 29.8 Å². The van der Waals surface area contributed by atoms with Crippen LogP contribution >= 0.6 is 0 Å². The Morgan fingerprint density at radius 2 is 1.84 bits per heavy atom. The maximum Gasteiger partial charge on any atom is 0.258 e. The molecule has 7 heteroatoms. The molecule has 7 nitrogen and oxygen atoms in total. The molecule has 25 heavy (non-hydrogen) atoms. The van der Waals surface area contributed by atoms with Gasteiger partial charge in [0, 0.05) is 5.56 Å². The second kappa shape index (κ2) is 6.56. The number of ether oxygens (including phenoxy) is 1. The zero-order valence-electron chi connectivity index (χ0n) is 13.5. The van der Waals surface area contributed by atoms with Crippen LogP contribution in [-0.2, 0) is 6.54 Å². The van der Waals surface area contributed by atoms with Crippen molar-refractivity contribution in [2.45, 2.75) is 6.54 Å². The number of hydrogen-bond donors (Lipinski definition) is 0. The second-order valence-corrected chi connectivity index (χ2v) is 5.44. The van der Waals surface area contributed by atoms with Gasteiger partial charge in [-0.15, -0.1) is 5.10 Å². The minimum atomic E-state index is 0.408. The number of benzene rings is 2. The first-order valence-corrected chi connectivity index (χ1v) is 7.74. The van der Waals surface area contributed by atoms with Crippen LogP contribution in [0.25, 0.3) is 23.0 Å². The molecule has 2 aromatic heterocycles. The molecule has 0 unspecified atom stereocenters. The van der Waals surface area contributed by atoms with E-state index in [0.717, 1.165) is 16.9 Å². The lowest BCUT2D eigenvalue weighted by Crippen LogP contribution is -1.99. The summed E-state index contributed by atoms with van der Waals surface area (Å²) >= 11 is 0. The van der Waals surface area contributed by atoms with Crippen LogP contribution in [0.3, 0.4) is 0 Å². The molecule has 0 radical (unpaired) electrons. The molecule has 0 saturated heterocycles. The van der Waals surface area contributed by atoms with Crippen LogP contribution in [0.1, 0.15) is 5.56 Å². The van der Waals surface area contributed by atoms with Gasteiger partial charge < -0.3 is 9.26 Å². The number of methoxy groups -OCH3 is 1. The fourth-order valence-corrected chi connectivity index (χ4v) is 2.43. The molecule has 0 aliphatic carbocycles. The highest BCUT2D eigenvalue weighted by atomic mass is 16.5. The van der Waals surface area contributed by atoms with Crippen molar-refractivity contribution < 1.29 is 9.26 Å². The molecule has 4 aromatic rings. The summed E-state index contributed by atoms with van der Waals surface area (Å²) in [5.41, 5.74) is 2.53. The quantitative estimate of drug-likeness (QED) is 0.558. The lowest BCUT2D eigenvalue weighted by Gasteiger charge is -1.99. The van der Waals surface area contributed by atoms with Crippen molar-refractivity contribution in [2.75, 3.05) is 7.11 Å². The fourth-order valence-electron chi connectivity index (χ4n) is 2.43. The van der Waals surface area contributed by atoms with Gasteiger partial charge in [0.1, 0.15) is 5.75 Å². The Labute approximate surface area is 143 Å². The first-order valence-electron chi connectivity index (χ1n) is 7.74. The maximum absolute atomic E-state index is 5.33. The summed E-state index contributed by atoms with van der Waals surface area (Å²) in [6, 6.07) is 17.5. The second-order valence-electron chi connectivity index (χ2n) is 5.44. The van der Waals surface area contributed by atoms with E-state index in [2.05, 4.69) is 20.5 Å². The minimum absolute atomic E-state index is 0.408. The standard InChI is InChI=1S/C18H15N5O2/c1-24-15-9-7-14(8-10-15)18-19-17(21-25-18)16-12-23(22-20-16)11-13-5-3-2-4-6-13/h2-10,12H,11H2,1H3. The normalized spacial score (nSPS) is 10.8. The molecule has 0 aliphatic heterocycles. The number of hydrogen-bond acceptors (Lipinski definition) is 6. The van der Waals surface area contributed by atoms with Crippen LogP contribution in [0.5, 0.6) is 5.75 Å². The minimum Gasteiger partial charge on any atom is -0.497 e. The van der Waals surface area contributed by atoms with E-state index in [4.69, 9.17) is 9.26 Å². The number of nitrogens with zero attached hydrogens (tertiary/aromatic N) is 5. The highest BCUT2D eigenvalue weighted by Gasteiger charge is 2.14. The SMILES string of the molecule is COc1ccc(-c2nc(-c3cn(Cc4ccccc4)nn3)no2)cc1. The van der Waals surface area contributed by atoms with Crippen molar-refractivity contribution in [1.29, 1.82) is 0 Å². The van der Waals surface area contributed by atoms with Gasteiger partial charge in [0.15, 0.2) is 5.69 Å². The highest BCUT2D eigenvalue weighted by Crippen LogP contribution is 2.23. The molecular formula is C18H15N5O2. The molecule has 0 aliphatic rings. The van der Waals surface area contributed by atoms with E-state index in [0.29, 0.717) is 24.0 Å². The molecule has 0 fully saturated rings. The summed E-state index contributed by atoms with van der Waals surface area (Å²) in [7, 11) is 1.62. The van der Waals surface area contributed by atoms with Gasteiger partial charge in [-0.25, -0.2) is 4.68 Å². The predicted octanol–water partition coefficient (Wildman–Crippen LogP) is 3.05. The summed E-state index contributed by atoms with van der Waals surface area (Å²) in [5.74, 6) is 1.60. The summed E-state index contributed by atoms with van der Waals surface area (Å²) < 4.78 is 12.2. The van der Waals surface area contributed by atoms with Crippen LogP contribution in [0, 0.1) is 0 Å². The average molecular weight is 333 g/mol. The van der Waals surface area contributed by atoms with Crippen LogP contribution in [0.4, 0.5) is 0 Å². The van der Waals surface area contributed by atoms with Gasteiger partial charge in [0.05, 0.1) is 19.9 Å². The Bertz CT molecular complexity index is 961. The van der Waals surface area contributed by atoms with Crippen molar-refractivity contribution in [3.63, 3.8) is 0 Å². The van der Waals surface area contributed by atoms with Gasteiger partial charge in [-0.3, -0.25) is 0 Å². The Balaban J connectivity index is 1.54. The average Bonchev–Trinajstić information content (AvgIpc) is 3.32. The third kappa shape index (κ3) is 3.25. The van der Waals surface area contributed by atoms with E-state index in [-0.39, 0.29) is 0 Å². The highest BCUT2D eigenvalue weighted by molar-refractivity contribution is 5.57. The van der Waals surface area contributed by atoms with Gasteiger partial charge in [-0.2, -0.15) is 4.98 Å². The third-order valence-electron chi connectivity index (χ3n) is 3.72. The molecule has 2 aromatic carbocycles. The van der Waals surface area contributed by atoms with E-state index in [1.54, 1.807) is 18.0 Å². The lowest BCUT2D eigenvalue weighted by atomic mass is 10.2. The topological polar surface area (TPSA) is 78.9 Å². The first kappa shape index (κ1) is 15.1. The van der Waals surface area contributed by atoms with Crippen LogP contribution in [0.2, 0.25) is 0 Å².